The third-order valence-electron chi connectivity index (χ3n) is 4.97. The highest BCUT2D eigenvalue weighted by atomic mass is 16.5. The first kappa shape index (κ1) is 18.9. The van der Waals surface area contributed by atoms with Crippen LogP contribution in [0.1, 0.15) is 34.4 Å². The molecule has 142 valence electrons. The van der Waals surface area contributed by atoms with Gasteiger partial charge >= 0.3 is 0 Å². The van der Waals surface area contributed by atoms with E-state index >= 15 is 0 Å². The van der Waals surface area contributed by atoms with E-state index in [2.05, 4.69) is 21.5 Å². The Morgan fingerprint density at radius 1 is 1.22 bits per heavy atom. The van der Waals surface area contributed by atoms with E-state index in [0.29, 0.717) is 18.7 Å². The maximum atomic E-state index is 12.5. The number of fused-ring (bicyclic) bond motifs is 1. The van der Waals surface area contributed by atoms with Gasteiger partial charge in [0, 0.05) is 24.8 Å². The van der Waals surface area contributed by atoms with Crippen molar-refractivity contribution in [1.29, 1.82) is 0 Å². The zero-order valence-electron chi connectivity index (χ0n) is 16.8. The Labute approximate surface area is 159 Å². The van der Waals surface area contributed by atoms with Crippen LogP contribution in [0.5, 0.6) is 5.88 Å². The fraction of sp³-hybridized carbons (Fsp3) is 0.381. The van der Waals surface area contributed by atoms with Crippen LogP contribution in [0.3, 0.4) is 0 Å². The molecule has 0 spiro atoms. The van der Waals surface area contributed by atoms with Crippen molar-refractivity contribution in [2.75, 3.05) is 12.4 Å². The molecule has 0 atom stereocenters. The lowest BCUT2D eigenvalue weighted by atomic mass is 10.00. The normalized spacial score (nSPS) is 11.0. The molecule has 0 aliphatic heterocycles. The first-order valence-electron chi connectivity index (χ1n) is 9.05. The molecule has 27 heavy (non-hydrogen) atoms. The predicted octanol–water partition coefficient (Wildman–Crippen LogP) is 3.78. The Morgan fingerprint density at radius 2 is 1.96 bits per heavy atom. The Bertz CT molecular complexity index is 1020. The second-order valence-corrected chi connectivity index (χ2v) is 7.00. The molecule has 2 aromatic heterocycles. The first-order chi connectivity index (χ1) is 12.8. The standard InChI is InChI=1S/C21H26N4O2/c1-12-7-9-17(13(2)11-12)23-18(26)10-8-16-14(3)19-20(22-15(16)4)25(5)24-21(19)27-6/h7,9,11H,8,10H2,1-6H3,(H,23,26). The van der Waals surface area contributed by atoms with Crippen LogP contribution in [0.15, 0.2) is 18.2 Å². The number of amides is 1. The number of hydrogen-bond acceptors (Lipinski definition) is 4. The van der Waals surface area contributed by atoms with Gasteiger partial charge in [0.1, 0.15) is 0 Å². The average molecular weight is 366 g/mol. The number of ether oxygens (including phenoxy) is 1. The summed E-state index contributed by atoms with van der Waals surface area (Å²) in [6.07, 6.45) is 1.01. The smallest absolute Gasteiger partial charge is 0.242 e. The van der Waals surface area contributed by atoms with Crippen LogP contribution in [0.2, 0.25) is 0 Å². The lowest BCUT2D eigenvalue weighted by Gasteiger charge is -2.12. The number of carbonyl (C=O) groups is 1. The van der Waals surface area contributed by atoms with Gasteiger partial charge in [-0.25, -0.2) is 9.67 Å². The summed E-state index contributed by atoms with van der Waals surface area (Å²) in [5.41, 5.74) is 6.98. The van der Waals surface area contributed by atoms with Crippen molar-refractivity contribution < 1.29 is 9.53 Å². The fourth-order valence-electron chi connectivity index (χ4n) is 3.51. The van der Waals surface area contributed by atoms with Crippen molar-refractivity contribution in [3.63, 3.8) is 0 Å². The number of hydrogen-bond donors (Lipinski definition) is 1. The quantitative estimate of drug-likeness (QED) is 0.746. The molecule has 0 aliphatic carbocycles. The first-order valence-corrected chi connectivity index (χ1v) is 9.05. The van der Waals surface area contributed by atoms with Gasteiger partial charge in [0.2, 0.25) is 11.8 Å². The number of nitrogens with zero attached hydrogens (tertiary/aromatic N) is 3. The van der Waals surface area contributed by atoms with Crippen LogP contribution in [0.4, 0.5) is 5.69 Å². The Morgan fingerprint density at radius 3 is 2.63 bits per heavy atom. The van der Waals surface area contributed by atoms with Gasteiger partial charge in [-0.3, -0.25) is 4.79 Å². The van der Waals surface area contributed by atoms with Crippen LogP contribution >= 0.6 is 0 Å². The molecule has 1 amide bonds. The summed E-state index contributed by atoms with van der Waals surface area (Å²) < 4.78 is 7.13. The van der Waals surface area contributed by atoms with E-state index in [4.69, 9.17) is 4.74 Å². The van der Waals surface area contributed by atoms with E-state index < -0.39 is 0 Å². The molecule has 2 heterocycles. The number of aromatic nitrogens is 3. The molecular formula is C21H26N4O2. The van der Waals surface area contributed by atoms with Crippen molar-refractivity contribution in [1.82, 2.24) is 14.8 Å². The van der Waals surface area contributed by atoms with Crippen molar-refractivity contribution >= 4 is 22.6 Å². The van der Waals surface area contributed by atoms with Gasteiger partial charge in [0.15, 0.2) is 5.65 Å². The van der Waals surface area contributed by atoms with Gasteiger partial charge in [-0.1, -0.05) is 17.7 Å². The third-order valence-corrected chi connectivity index (χ3v) is 4.97. The summed E-state index contributed by atoms with van der Waals surface area (Å²) in [6.45, 7) is 8.06. The van der Waals surface area contributed by atoms with Crippen molar-refractivity contribution in [2.45, 2.75) is 40.5 Å². The Hall–Kier alpha value is -2.89. The lowest BCUT2D eigenvalue weighted by Crippen LogP contribution is -2.14. The molecule has 0 unspecified atom stereocenters. The fourth-order valence-corrected chi connectivity index (χ4v) is 3.51. The highest BCUT2D eigenvalue weighted by Crippen LogP contribution is 2.30. The van der Waals surface area contributed by atoms with E-state index in [-0.39, 0.29) is 5.91 Å². The van der Waals surface area contributed by atoms with Crippen molar-refractivity contribution in [3.8, 4) is 5.88 Å². The summed E-state index contributed by atoms with van der Waals surface area (Å²) in [6, 6.07) is 6.02. The van der Waals surface area contributed by atoms with Gasteiger partial charge in [0.05, 0.1) is 12.5 Å². The number of pyridine rings is 1. The number of rotatable bonds is 5. The molecule has 3 rings (SSSR count). The summed E-state index contributed by atoms with van der Waals surface area (Å²) in [7, 11) is 3.46. The Balaban J connectivity index is 1.81. The second-order valence-electron chi connectivity index (χ2n) is 7.00. The van der Waals surface area contributed by atoms with Crippen LogP contribution in [-0.4, -0.2) is 27.8 Å². The number of carbonyl (C=O) groups excluding carboxylic acids is 1. The lowest BCUT2D eigenvalue weighted by molar-refractivity contribution is -0.116. The van der Waals surface area contributed by atoms with E-state index in [1.54, 1.807) is 11.8 Å². The van der Waals surface area contributed by atoms with Crippen LogP contribution in [0.25, 0.3) is 11.0 Å². The van der Waals surface area contributed by atoms with E-state index in [9.17, 15) is 4.79 Å². The third kappa shape index (κ3) is 3.65. The minimum atomic E-state index is -0.000924. The van der Waals surface area contributed by atoms with Gasteiger partial charge in [0.25, 0.3) is 0 Å². The molecule has 1 N–H and O–H groups in total. The molecule has 0 bridgehead atoms. The highest BCUT2D eigenvalue weighted by Gasteiger charge is 2.18. The zero-order valence-corrected chi connectivity index (χ0v) is 16.8. The van der Waals surface area contributed by atoms with Gasteiger partial charge in [-0.2, -0.15) is 0 Å². The van der Waals surface area contributed by atoms with Crippen molar-refractivity contribution in [2.24, 2.45) is 7.05 Å². The zero-order chi connectivity index (χ0) is 19.7. The Kier molecular flexibility index (Phi) is 5.17. The van der Waals surface area contributed by atoms with E-state index in [1.165, 1.54) is 5.56 Å². The number of benzene rings is 1. The monoisotopic (exact) mass is 366 g/mol. The molecule has 0 aliphatic rings. The molecular weight excluding hydrogens is 340 g/mol. The average Bonchev–Trinajstić information content (AvgIpc) is 2.93. The second kappa shape index (κ2) is 7.39. The molecule has 3 aromatic rings. The molecule has 6 nitrogen and oxygen atoms in total. The summed E-state index contributed by atoms with van der Waals surface area (Å²) >= 11 is 0. The highest BCUT2D eigenvalue weighted by molar-refractivity contribution is 5.92. The summed E-state index contributed by atoms with van der Waals surface area (Å²) in [4.78, 5) is 17.1. The minimum Gasteiger partial charge on any atom is -0.479 e. The van der Waals surface area contributed by atoms with E-state index in [1.807, 2.05) is 46.9 Å². The number of methoxy groups -OCH3 is 1. The maximum absolute atomic E-state index is 12.5. The SMILES string of the molecule is COc1nn(C)c2nc(C)c(CCC(=O)Nc3ccc(C)cc3C)c(C)c12. The largest absolute Gasteiger partial charge is 0.479 e. The molecule has 0 saturated heterocycles. The summed E-state index contributed by atoms with van der Waals surface area (Å²) in [5.74, 6) is 0.567. The molecule has 0 saturated carbocycles. The molecule has 0 radical (unpaired) electrons. The minimum absolute atomic E-state index is 0.000924. The van der Waals surface area contributed by atoms with Gasteiger partial charge in [-0.15, -0.1) is 5.10 Å². The van der Waals surface area contributed by atoms with Crippen molar-refractivity contribution in [3.05, 3.63) is 46.1 Å². The molecule has 6 heteroatoms. The maximum Gasteiger partial charge on any atom is 0.242 e. The van der Waals surface area contributed by atoms with Gasteiger partial charge in [-0.05, 0) is 56.9 Å². The van der Waals surface area contributed by atoms with Gasteiger partial charge < -0.3 is 10.1 Å². The topological polar surface area (TPSA) is 69.0 Å². The van der Waals surface area contributed by atoms with Crippen LogP contribution < -0.4 is 10.1 Å². The summed E-state index contributed by atoms with van der Waals surface area (Å²) in [5, 5.41) is 8.29. The predicted molar refractivity (Wildman–Crippen MR) is 107 cm³/mol. The number of anilines is 1. The number of nitrogens with one attached hydrogen (secondary N) is 1. The molecule has 0 fully saturated rings. The molecule has 1 aromatic carbocycles. The van der Waals surface area contributed by atoms with Crippen LogP contribution in [0, 0.1) is 27.7 Å². The van der Waals surface area contributed by atoms with Crippen LogP contribution in [-0.2, 0) is 18.3 Å². The number of aryl methyl sites for hydroxylation is 5. The van der Waals surface area contributed by atoms with E-state index in [0.717, 1.165) is 39.1 Å².